The highest BCUT2D eigenvalue weighted by molar-refractivity contribution is 5.30. The Labute approximate surface area is 112 Å². The van der Waals surface area contributed by atoms with E-state index in [0.29, 0.717) is 6.04 Å². The molecule has 0 aromatic carbocycles. The molecule has 0 bridgehead atoms. The van der Waals surface area contributed by atoms with E-state index < -0.39 is 0 Å². The molecule has 0 saturated carbocycles. The van der Waals surface area contributed by atoms with Gasteiger partial charge in [-0.25, -0.2) is 0 Å². The Morgan fingerprint density at radius 1 is 1.26 bits per heavy atom. The molecule has 1 aliphatic rings. The van der Waals surface area contributed by atoms with Crippen LogP contribution in [0.1, 0.15) is 24.2 Å². The molecule has 1 fully saturated rings. The monoisotopic (exact) mass is 258 g/mol. The van der Waals surface area contributed by atoms with Crippen molar-refractivity contribution in [3.05, 3.63) is 35.9 Å². The fourth-order valence-corrected chi connectivity index (χ4v) is 2.30. The number of nitrogens with one attached hydrogen (secondary N) is 1. The largest absolute Gasteiger partial charge is 0.339 e. The number of aromatic amines is 1. The number of pyridine rings is 1. The SMILES string of the molecule is NC1CCN(c2n[nH]c(Cc3ccncc3)n2)CC1. The van der Waals surface area contributed by atoms with E-state index in [-0.39, 0.29) is 0 Å². The van der Waals surface area contributed by atoms with Crippen molar-refractivity contribution in [3.63, 3.8) is 0 Å². The normalized spacial score (nSPS) is 16.8. The Morgan fingerprint density at radius 2 is 2.00 bits per heavy atom. The number of H-pyrrole nitrogens is 1. The van der Waals surface area contributed by atoms with Gasteiger partial charge in [0, 0.05) is 37.9 Å². The van der Waals surface area contributed by atoms with E-state index in [1.807, 2.05) is 12.1 Å². The number of hydrogen-bond donors (Lipinski definition) is 2. The van der Waals surface area contributed by atoms with Crippen LogP contribution in [-0.4, -0.2) is 39.3 Å². The maximum absolute atomic E-state index is 5.90. The molecule has 1 aliphatic heterocycles. The van der Waals surface area contributed by atoms with Gasteiger partial charge in [0.25, 0.3) is 0 Å². The van der Waals surface area contributed by atoms with Gasteiger partial charge < -0.3 is 10.6 Å². The van der Waals surface area contributed by atoms with Crippen LogP contribution in [0.4, 0.5) is 5.95 Å². The molecule has 2 aromatic rings. The summed E-state index contributed by atoms with van der Waals surface area (Å²) in [6, 6.07) is 4.30. The minimum absolute atomic E-state index is 0.325. The van der Waals surface area contributed by atoms with Gasteiger partial charge in [-0.2, -0.15) is 4.98 Å². The van der Waals surface area contributed by atoms with Gasteiger partial charge in [-0.1, -0.05) is 0 Å². The maximum Gasteiger partial charge on any atom is 0.244 e. The molecule has 0 amide bonds. The van der Waals surface area contributed by atoms with Gasteiger partial charge in [0.15, 0.2) is 0 Å². The van der Waals surface area contributed by atoms with Crippen molar-refractivity contribution in [2.75, 3.05) is 18.0 Å². The van der Waals surface area contributed by atoms with E-state index >= 15 is 0 Å². The number of piperidine rings is 1. The van der Waals surface area contributed by atoms with E-state index in [1.165, 1.54) is 5.56 Å². The molecule has 2 aromatic heterocycles. The van der Waals surface area contributed by atoms with Crippen molar-refractivity contribution < 1.29 is 0 Å². The lowest BCUT2D eigenvalue weighted by molar-refractivity contribution is 0.496. The van der Waals surface area contributed by atoms with Crippen molar-refractivity contribution in [2.45, 2.75) is 25.3 Å². The van der Waals surface area contributed by atoms with Crippen LogP contribution >= 0.6 is 0 Å². The van der Waals surface area contributed by atoms with Crippen LogP contribution in [0.25, 0.3) is 0 Å². The third-order valence-corrected chi connectivity index (χ3v) is 3.46. The highest BCUT2D eigenvalue weighted by Gasteiger charge is 2.19. The second-order valence-electron chi connectivity index (χ2n) is 4.94. The second-order valence-corrected chi connectivity index (χ2v) is 4.94. The fourth-order valence-electron chi connectivity index (χ4n) is 2.30. The first kappa shape index (κ1) is 12.1. The molecular formula is C13H18N6. The number of nitrogens with two attached hydrogens (primary N) is 1. The maximum atomic E-state index is 5.90. The first-order valence-electron chi connectivity index (χ1n) is 6.62. The van der Waals surface area contributed by atoms with E-state index in [2.05, 4.69) is 25.1 Å². The smallest absolute Gasteiger partial charge is 0.244 e. The average molecular weight is 258 g/mol. The van der Waals surface area contributed by atoms with E-state index in [4.69, 9.17) is 5.73 Å². The lowest BCUT2D eigenvalue weighted by Gasteiger charge is -2.28. The molecule has 0 aliphatic carbocycles. The average Bonchev–Trinajstić information content (AvgIpc) is 2.89. The summed E-state index contributed by atoms with van der Waals surface area (Å²) in [5.74, 6) is 1.67. The molecule has 3 N–H and O–H groups in total. The lowest BCUT2D eigenvalue weighted by Crippen LogP contribution is -2.40. The predicted molar refractivity (Wildman–Crippen MR) is 72.8 cm³/mol. The second kappa shape index (κ2) is 5.36. The van der Waals surface area contributed by atoms with Crippen LogP contribution < -0.4 is 10.6 Å². The van der Waals surface area contributed by atoms with Gasteiger partial charge in [-0.05, 0) is 30.5 Å². The highest BCUT2D eigenvalue weighted by atomic mass is 15.4. The molecule has 6 heteroatoms. The molecule has 0 radical (unpaired) electrons. The Hall–Kier alpha value is -1.95. The Kier molecular flexibility index (Phi) is 3.41. The fraction of sp³-hybridized carbons (Fsp3) is 0.462. The molecule has 0 spiro atoms. The molecular weight excluding hydrogens is 240 g/mol. The third kappa shape index (κ3) is 2.90. The topological polar surface area (TPSA) is 83.7 Å². The third-order valence-electron chi connectivity index (χ3n) is 3.46. The summed E-state index contributed by atoms with van der Waals surface area (Å²) in [7, 11) is 0. The van der Waals surface area contributed by atoms with Crippen molar-refractivity contribution >= 4 is 5.95 Å². The van der Waals surface area contributed by atoms with Gasteiger partial charge in [0.2, 0.25) is 5.95 Å². The van der Waals surface area contributed by atoms with Gasteiger partial charge in [0.1, 0.15) is 5.82 Å². The summed E-state index contributed by atoms with van der Waals surface area (Å²) in [4.78, 5) is 10.7. The van der Waals surface area contributed by atoms with E-state index in [1.54, 1.807) is 12.4 Å². The van der Waals surface area contributed by atoms with Crippen molar-refractivity contribution in [3.8, 4) is 0 Å². The number of anilines is 1. The highest BCUT2D eigenvalue weighted by Crippen LogP contribution is 2.15. The zero-order valence-electron chi connectivity index (χ0n) is 10.8. The number of hydrogen-bond acceptors (Lipinski definition) is 5. The van der Waals surface area contributed by atoms with Crippen LogP contribution in [0, 0.1) is 0 Å². The van der Waals surface area contributed by atoms with Gasteiger partial charge in [-0.15, -0.1) is 5.10 Å². The van der Waals surface area contributed by atoms with E-state index in [0.717, 1.165) is 44.1 Å². The van der Waals surface area contributed by atoms with Crippen LogP contribution in [0.15, 0.2) is 24.5 Å². The Morgan fingerprint density at radius 3 is 2.74 bits per heavy atom. The summed E-state index contributed by atoms with van der Waals surface area (Å²) >= 11 is 0. The summed E-state index contributed by atoms with van der Waals surface area (Å²) < 4.78 is 0. The minimum atomic E-state index is 0.325. The molecule has 1 saturated heterocycles. The number of aromatic nitrogens is 4. The Bertz CT molecular complexity index is 515. The molecule has 100 valence electrons. The summed E-state index contributed by atoms with van der Waals surface area (Å²) in [5.41, 5.74) is 7.08. The van der Waals surface area contributed by atoms with Crippen LogP contribution in [0.2, 0.25) is 0 Å². The lowest BCUT2D eigenvalue weighted by atomic mass is 10.1. The van der Waals surface area contributed by atoms with Crippen LogP contribution in [0.3, 0.4) is 0 Å². The minimum Gasteiger partial charge on any atom is -0.339 e. The van der Waals surface area contributed by atoms with Gasteiger partial charge in [-0.3, -0.25) is 10.1 Å². The first-order valence-corrected chi connectivity index (χ1v) is 6.62. The molecule has 0 atom stereocenters. The summed E-state index contributed by atoms with van der Waals surface area (Å²) in [6.45, 7) is 1.88. The standard InChI is InChI=1S/C13H18N6/c14-11-3-7-19(8-4-11)13-16-12(17-18-13)9-10-1-5-15-6-2-10/h1-2,5-6,11H,3-4,7-9,14H2,(H,16,17,18). The van der Waals surface area contributed by atoms with Crippen molar-refractivity contribution in [2.24, 2.45) is 5.73 Å². The zero-order chi connectivity index (χ0) is 13.1. The molecule has 3 rings (SSSR count). The van der Waals surface area contributed by atoms with E-state index in [9.17, 15) is 0 Å². The van der Waals surface area contributed by atoms with Gasteiger partial charge >= 0.3 is 0 Å². The quantitative estimate of drug-likeness (QED) is 0.847. The summed E-state index contributed by atoms with van der Waals surface area (Å²) in [5, 5.41) is 7.30. The van der Waals surface area contributed by atoms with Crippen molar-refractivity contribution in [1.29, 1.82) is 0 Å². The summed E-state index contributed by atoms with van der Waals surface area (Å²) in [6.07, 6.45) is 6.35. The molecule has 0 unspecified atom stereocenters. The number of nitrogens with zero attached hydrogens (tertiary/aromatic N) is 4. The predicted octanol–water partition coefficient (Wildman–Crippen LogP) is 0.718. The number of rotatable bonds is 3. The van der Waals surface area contributed by atoms with Crippen LogP contribution in [-0.2, 0) is 6.42 Å². The molecule has 6 nitrogen and oxygen atoms in total. The molecule has 3 heterocycles. The van der Waals surface area contributed by atoms with Crippen LogP contribution in [0.5, 0.6) is 0 Å². The van der Waals surface area contributed by atoms with Gasteiger partial charge in [0.05, 0.1) is 0 Å². The Balaban J connectivity index is 1.66. The first-order chi connectivity index (χ1) is 9.31. The van der Waals surface area contributed by atoms with Crippen molar-refractivity contribution in [1.82, 2.24) is 20.2 Å². The molecule has 19 heavy (non-hydrogen) atoms. The zero-order valence-corrected chi connectivity index (χ0v) is 10.8.